The van der Waals surface area contributed by atoms with Crippen molar-refractivity contribution in [1.82, 2.24) is 19.6 Å². The molecule has 4 rings (SSSR count). The van der Waals surface area contributed by atoms with Crippen LogP contribution >= 0.6 is 0 Å². The van der Waals surface area contributed by atoms with Gasteiger partial charge in [0.15, 0.2) is 11.6 Å². The number of benzene rings is 1. The van der Waals surface area contributed by atoms with Gasteiger partial charge in [-0.25, -0.2) is 13.8 Å². The molecule has 0 aliphatic heterocycles. The zero-order valence-electron chi connectivity index (χ0n) is 14.7. The van der Waals surface area contributed by atoms with Crippen molar-refractivity contribution in [2.75, 3.05) is 5.32 Å². The summed E-state index contributed by atoms with van der Waals surface area (Å²) in [5.41, 5.74) is 2.13. The Morgan fingerprint density at radius 2 is 1.81 bits per heavy atom. The summed E-state index contributed by atoms with van der Waals surface area (Å²) in [5, 5.41) is 7.15. The Balaban J connectivity index is 1.65. The second-order valence-corrected chi connectivity index (χ2v) is 6.94. The lowest BCUT2D eigenvalue weighted by Crippen LogP contribution is -2.28. The summed E-state index contributed by atoms with van der Waals surface area (Å²) in [6.07, 6.45) is 1.76. The lowest BCUT2D eigenvalue weighted by molar-refractivity contribution is 0.00800. The zero-order valence-corrected chi connectivity index (χ0v) is 14.7. The summed E-state index contributed by atoms with van der Waals surface area (Å²) in [4.78, 5) is 7.96. The summed E-state index contributed by atoms with van der Waals surface area (Å²) in [5.74, 6) is -4.93. The molecule has 1 aliphatic carbocycles. The van der Waals surface area contributed by atoms with E-state index in [1.165, 1.54) is 16.6 Å². The fourth-order valence-corrected chi connectivity index (χ4v) is 3.36. The van der Waals surface area contributed by atoms with E-state index >= 15 is 0 Å². The van der Waals surface area contributed by atoms with Crippen LogP contribution in [0.25, 0.3) is 5.78 Å². The van der Waals surface area contributed by atoms with Gasteiger partial charge in [0.2, 0.25) is 5.82 Å². The fraction of sp³-hybridized carbons (Fsp3) is 0.389. The molecule has 1 atom stereocenters. The molecular weight excluding hydrogens is 362 g/mol. The predicted octanol–water partition coefficient (Wildman–Crippen LogP) is 3.79. The normalized spacial score (nSPS) is 17.2. The number of anilines is 1. The Kier molecular flexibility index (Phi) is 4.05. The Labute approximate surface area is 152 Å². The Hall–Kier alpha value is -2.71. The molecule has 27 heavy (non-hydrogen) atoms. The van der Waals surface area contributed by atoms with Gasteiger partial charge >= 0.3 is 5.92 Å². The third-order valence-electron chi connectivity index (χ3n) is 4.66. The van der Waals surface area contributed by atoms with Gasteiger partial charge in [0.05, 0.1) is 0 Å². The minimum Gasteiger partial charge on any atom is -0.367 e. The highest BCUT2D eigenvalue weighted by molar-refractivity contribution is 5.47. The van der Waals surface area contributed by atoms with E-state index in [1.54, 1.807) is 13.0 Å². The van der Waals surface area contributed by atoms with E-state index in [1.807, 2.05) is 0 Å². The van der Waals surface area contributed by atoms with Crippen molar-refractivity contribution in [3.8, 4) is 0 Å². The molecule has 1 unspecified atom stereocenters. The van der Waals surface area contributed by atoms with Crippen molar-refractivity contribution in [2.45, 2.75) is 45.1 Å². The third-order valence-corrected chi connectivity index (χ3v) is 4.66. The third kappa shape index (κ3) is 3.33. The molecular formula is C18H17F4N5. The summed E-state index contributed by atoms with van der Waals surface area (Å²) in [6.45, 7) is 2.46. The molecule has 5 nitrogen and oxygen atoms in total. The molecule has 0 amide bonds. The van der Waals surface area contributed by atoms with Crippen LogP contribution < -0.4 is 5.32 Å². The van der Waals surface area contributed by atoms with Gasteiger partial charge in [-0.3, -0.25) is 0 Å². The van der Waals surface area contributed by atoms with Gasteiger partial charge in [0.25, 0.3) is 5.78 Å². The molecule has 142 valence electrons. The van der Waals surface area contributed by atoms with Gasteiger partial charge in [-0.1, -0.05) is 0 Å². The van der Waals surface area contributed by atoms with E-state index in [2.05, 4.69) is 20.4 Å². The summed E-state index contributed by atoms with van der Waals surface area (Å²) in [7, 11) is 0. The number of nitrogens with one attached hydrogen (secondary N) is 1. The van der Waals surface area contributed by atoms with Crippen LogP contribution in [-0.2, 0) is 18.8 Å². The topological polar surface area (TPSA) is 55.1 Å². The molecule has 1 aromatic carbocycles. The molecule has 2 heterocycles. The van der Waals surface area contributed by atoms with E-state index in [0.717, 1.165) is 18.1 Å². The number of hydrogen-bond donors (Lipinski definition) is 1. The van der Waals surface area contributed by atoms with Crippen LogP contribution in [-0.4, -0.2) is 25.6 Å². The maximum atomic E-state index is 13.6. The quantitative estimate of drug-likeness (QED) is 0.704. The van der Waals surface area contributed by atoms with E-state index in [9.17, 15) is 17.6 Å². The molecule has 0 saturated heterocycles. The molecule has 0 radical (unpaired) electrons. The SMILES string of the molecule is Cc1cc(NC2CCc3cc(F)c(F)cc3C2)n2nc(C(C)(F)F)nc2n1. The lowest BCUT2D eigenvalue weighted by Gasteiger charge is -2.26. The van der Waals surface area contributed by atoms with Crippen LogP contribution in [0, 0.1) is 18.6 Å². The number of aromatic nitrogens is 4. The largest absolute Gasteiger partial charge is 0.367 e. The van der Waals surface area contributed by atoms with Crippen LogP contribution in [0.2, 0.25) is 0 Å². The van der Waals surface area contributed by atoms with Gasteiger partial charge in [0.1, 0.15) is 5.82 Å². The molecule has 0 fully saturated rings. The second kappa shape index (κ2) is 6.17. The van der Waals surface area contributed by atoms with Gasteiger partial charge in [-0.05, 0) is 49.4 Å². The highest BCUT2D eigenvalue weighted by atomic mass is 19.3. The number of alkyl halides is 2. The van der Waals surface area contributed by atoms with E-state index in [-0.39, 0.29) is 11.8 Å². The van der Waals surface area contributed by atoms with Crippen molar-refractivity contribution >= 4 is 11.6 Å². The molecule has 1 N–H and O–H groups in total. The Bertz CT molecular complexity index is 1020. The van der Waals surface area contributed by atoms with Gasteiger partial charge < -0.3 is 5.32 Å². The van der Waals surface area contributed by atoms with Crippen molar-refractivity contribution in [3.05, 3.63) is 52.5 Å². The summed E-state index contributed by atoms with van der Waals surface area (Å²) in [6, 6.07) is 4.07. The standard InChI is InChI=1S/C18H17F4N5/c1-9-5-15(27-17(23-9)25-16(26-27)18(2,21)22)24-12-4-3-10-7-13(19)14(20)8-11(10)6-12/h5,7-8,12,24H,3-4,6H2,1-2H3. The number of nitrogens with zero attached hydrogens (tertiary/aromatic N) is 4. The smallest absolute Gasteiger partial charge is 0.305 e. The van der Waals surface area contributed by atoms with Crippen LogP contribution in [0.5, 0.6) is 0 Å². The van der Waals surface area contributed by atoms with Crippen LogP contribution in [0.4, 0.5) is 23.4 Å². The average molecular weight is 379 g/mol. The first-order chi connectivity index (χ1) is 12.7. The lowest BCUT2D eigenvalue weighted by atomic mass is 9.88. The minimum absolute atomic E-state index is 0.0813. The predicted molar refractivity (Wildman–Crippen MR) is 90.9 cm³/mol. The number of halogens is 4. The number of fused-ring (bicyclic) bond motifs is 2. The van der Waals surface area contributed by atoms with Crippen molar-refractivity contribution < 1.29 is 17.6 Å². The van der Waals surface area contributed by atoms with Crippen LogP contribution in [0.3, 0.4) is 0 Å². The van der Waals surface area contributed by atoms with Crippen molar-refractivity contribution in [3.63, 3.8) is 0 Å². The molecule has 9 heteroatoms. The minimum atomic E-state index is -3.18. The van der Waals surface area contributed by atoms with E-state index in [4.69, 9.17) is 0 Å². The molecule has 0 bridgehead atoms. The molecule has 1 aliphatic rings. The van der Waals surface area contributed by atoms with Gasteiger partial charge in [0, 0.05) is 24.7 Å². The number of aryl methyl sites for hydroxylation is 2. The molecule has 0 saturated carbocycles. The molecule has 3 aromatic rings. The van der Waals surface area contributed by atoms with Gasteiger partial charge in [-0.15, -0.1) is 5.10 Å². The monoisotopic (exact) mass is 379 g/mol. The summed E-state index contributed by atoms with van der Waals surface area (Å²) >= 11 is 0. The van der Waals surface area contributed by atoms with Crippen LogP contribution in [0.1, 0.15) is 36.0 Å². The van der Waals surface area contributed by atoms with Gasteiger partial charge in [-0.2, -0.15) is 18.3 Å². The van der Waals surface area contributed by atoms with Crippen LogP contribution in [0.15, 0.2) is 18.2 Å². The first-order valence-electron chi connectivity index (χ1n) is 8.57. The molecule has 0 spiro atoms. The second-order valence-electron chi connectivity index (χ2n) is 6.94. The first-order valence-corrected chi connectivity index (χ1v) is 8.57. The molecule has 2 aromatic heterocycles. The zero-order chi connectivity index (χ0) is 19.3. The Morgan fingerprint density at radius 3 is 2.52 bits per heavy atom. The maximum absolute atomic E-state index is 13.6. The Morgan fingerprint density at radius 1 is 1.11 bits per heavy atom. The first kappa shape index (κ1) is 17.7. The van der Waals surface area contributed by atoms with Crippen molar-refractivity contribution in [2.24, 2.45) is 0 Å². The fourth-order valence-electron chi connectivity index (χ4n) is 3.36. The number of rotatable bonds is 3. The average Bonchev–Trinajstić information content (AvgIpc) is 3.00. The van der Waals surface area contributed by atoms with Crippen molar-refractivity contribution in [1.29, 1.82) is 0 Å². The number of hydrogen-bond acceptors (Lipinski definition) is 4. The van der Waals surface area contributed by atoms with E-state index in [0.29, 0.717) is 30.8 Å². The van der Waals surface area contributed by atoms with E-state index < -0.39 is 23.4 Å². The highest BCUT2D eigenvalue weighted by Gasteiger charge is 2.31. The highest BCUT2D eigenvalue weighted by Crippen LogP contribution is 2.28. The summed E-state index contributed by atoms with van der Waals surface area (Å²) < 4.78 is 55.3. The maximum Gasteiger partial charge on any atom is 0.305 e.